The van der Waals surface area contributed by atoms with Crippen LogP contribution in [0.15, 0.2) is 16.9 Å². The Labute approximate surface area is 160 Å². The van der Waals surface area contributed by atoms with Crippen molar-refractivity contribution in [2.24, 2.45) is 0 Å². The molecule has 1 aliphatic carbocycles. The molecule has 2 aliphatic rings. The maximum atomic E-state index is 14.5. The van der Waals surface area contributed by atoms with Gasteiger partial charge in [0.15, 0.2) is 0 Å². The quantitative estimate of drug-likeness (QED) is 0.513. The Bertz CT molecular complexity index is 1240. The highest BCUT2D eigenvalue weighted by Crippen LogP contribution is 2.41. The van der Waals surface area contributed by atoms with E-state index in [9.17, 15) is 14.0 Å². The minimum Gasteiger partial charge on any atom is -0.463 e. The number of halogens is 1. The number of nitrogens with zero attached hydrogens (tertiary/aromatic N) is 2. The Morgan fingerprint density at radius 2 is 2.00 bits per heavy atom. The molecule has 2 aromatic heterocycles. The fourth-order valence-corrected chi connectivity index (χ4v) is 4.72. The number of benzene rings is 1. The van der Waals surface area contributed by atoms with Gasteiger partial charge in [0.1, 0.15) is 12.4 Å². The van der Waals surface area contributed by atoms with Gasteiger partial charge in [-0.1, -0.05) is 0 Å². The van der Waals surface area contributed by atoms with Crippen LogP contribution in [0.3, 0.4) is 0 Å². The molecule has 0 fully saturated rings. The molecule has 6 heteroatoms. The summed E-state index contributed by atoms with van der Waals surface area (Å²) >= 11 is 0. The van der Waals surface area contributed by atoms with E-state index in [1.54, 1.807) is 4.57 Å². The fourth-order valence-electron chi connectivity index (χ4n) is 4.72. The first-order valence-corrected chi connectivity index (χ1v) is 9.43. The zero-order valence-corrected chi connectivity index (χ0v) is 15.8. The van der Waals surface area contributed by atoms with Crippen LogP contribution < -0.4 is 5.56 Å². The van der Waals surface area contributed by atoms with Crippen molar-refractivity contribution in [1.29, 1.82) is 0 Å². The van der Waals surface area contributed by atoms with Crippen LogP contribution >= 0.6 is 0 Å². The molecule has 0 atom stereocenters. The van der Waals surface area contributed by atoms with Gasteiger partial charge in [-0.2, -0.15) is 0 Å². The van der Waals surface area contributed by atoms with Crippen molar-refractivity contribution in [1.82, 2.24) is 9.55 Å². The zero-order valence-electron chi connectivity index (χ0n) is 15.8. The highest BCUT2D eigenvalue weighted by Gasteiger charge is 2.30. The van der Waals surface area contributed by atoms with Gasteiger partial charge in [-0.3, -0.25) is 9.59 Å². The van der Waals surface area contributed by atoms with Crippen LogP contribution in [0.1, 0.15) is 39.8 Å². The third-order valence-corrected chi connectivity index (χ3v) is 6.15. The molecule has 3 aromatic rings. The summed E-state index contributed by atoms with van der Waals surface area (Å²) in [6.07, 6.45) is 2.72. The van der Waals surface area contributed by atoms with Crippen LogP contribution in [0.25, 0.3) is 22.3 Å². The molecule has 5 nitrogen and oxygen atoms in total. The molecule has 28 heavy (non-hydrogen) atoms. The van der Waals surface area contributed by atoms with Gasteiger partial charge in [0.2, 0.25) is 0 Å². The maximum Gasteiger partial charge on any atom is 0.293 e. The average Bonchev–Trinajstić information content (AvgIpc) is 3.05. The Kier molecular flexibility index (Phi) is 3.66. The smallest absolute Gasteiger partial charge is 0.293 e. The van der Waals surface area contributed by atoms with Crippen LogP contribution in [-0.2, 0) is 35.5 Å². The van der Waals surface area contributed by atoms with Crippen molar-refractivity contribution in [3.8, 4) is 11.4 Å². The SMILES string of the molecule is Cc1cc2n(c(=O)c1COC=O)Cc1c-2nc2cc(F)c(C)c3c2c1CCC3. The predicted molar refractivity (Wildman–Crippen MR) is 103 cm³/mol. The van der Waals surface area contributed by atoms with Gasteiger partial charge in [-0.15, -0.1) is 0 Å². The number of aromatic nitrogens is 2. The van der Waals surface area contributed by atoms with E-state index >= 15 is 0 Å². The average molecular weight is 378 g/mol. The molecule has 0 unspecified atom stereocenters. The second-order valence-electron chi connectivity index (χ2n) is 7.62. The largest absolute Gasteiger partial charge is 0.463 e. The lowest BCUT2D eigenvalue weighted by molar-refractivity contribution is -0.129. The number of rotatable bonds is 3. The van der Waals surface area contributed by atoms with Gasteiger partial charge in [0.05, 0.1) is 29.0 Å². The van der Waals surface area contributed by atoms with E-state index in [0.717, 1.165) is 52.7 Å². The van der Waals surface area contributed by atoms with E-state index in [4.69, 9.17) is 9.72 Å². The van der Waals surface area contributed by atoms with Crippen LogP contribution in [-0.4, -0.2) is 16.0 Å². The number of ether oxygens (including phenoxy) is 1. The van der Waals surface area contributed by atoms with Crippen molar-refractivity contribution in [2.75, 3.05) is 0 Å². The predicted octanol–water partition coefficient (Wildman–Crippen LogP) is 3.34. The number of carbonyl (C=O) groups is 1. The third-order valence-electron chi connectivity index (χ3n) is 6.15. The molecule has 0 saturated carbocycles. The van der Waals surface area contributed by atoms with E-state index < -0.39 is 0 Å². The zero-order chi connectivity index (χ0) is 19.6. The van der Waals surface area contributed by atoms with Crippen molar-refractivity contribution >= 4 is 17.4 Å². The molecule has 5 rings (SSSR count). The molecule has 0 bridgehead atoms. The number of pyridine rings is 2. The maximum absolute atomic E-state index is 14.5. The van der Waals surface area contributed by atoms with Crippen molar-refractivity contribution < 1.29 is 13.9 Å². The summed E-state index contributed by atoms with van der Waals surface area (Å²) in [6, 6.07) is 3.43. The van der Waals surface area contributed by atoms with Crippen LogP contribution in [0.4, 0.5) is 4.39 Å². The molecular weight excluding hydrogens is 359 g/mol. The lowest BCUT2D eigenvalue weighted by atomic mass is 9.85. The summed E-state index contributed by atoms with van der Waals surface area (Å²) < 4.78 is 21.0. The molecule has 0 N–H and O–H groups in total. The van der Waals surface area contributed by atoms with E-state index in [1.807, 2.05) is 19.9 Å². The lowest BCUT2D eigenvalue weighted by Gasteiger charge is -2.21. The number of aryl methyl sites for hydroxylation is 3. The first-order chi connectivity index (χ1) is 13.5. The Hall–Kier alpha value is -3.02. The van der Waals surface area contributed by atoms with Gasteiger partial charge in [-0.05, 0) is 61.4 Å². The van der Waals surface area contributed by atoms with Gasteiger partial charge >= 0.3 is 0 Å². The number of hydrogen-bond donors (Lipinski definition) is 0. The minimum atomic E-state index is -0.226. The first-order valence-electron chi connectivity index (χ1n) is 9.43. The van der Waals surface area contributed by atoms with Gasteiger partial charge in [0, 0.05) is 17.0 Å². The first kappa shape index (κ1) is 17.1. The molecule has 142 valence electrons. The second kappa shape index (κ2) is 5.99. The van der Waals surface area contributed by atoms with Gasteiger partial charge in [-0.25, -0.2) is 9.37 Å². The monoisotopic (exact) mass is 378 g/mol. The highest BCUT2D eigenvalue weighted by atomic mass is 19.1. The lowest BCUT2D eigenvalue weighted by Crippen LogP contribution is -2.24. The molecule has 1 aromatic carbocycles. The molecule has 0 radical (unpaired) electrons. The molecule has 0 spiro atoms. The number of fused-ring (bicyclic) bond motifs is 4. The fraction of sp³-hybridized carbons (Fsp3) is 0.318. The van der Waals surface area contributed by atoms with Crippen molar-refractivity contribution in [2.45, 2.75) is 46.3 Å². The summed E-state index contributed by atoms with van der Waals surface area (Å²) in [7, 11) is 0. The van der Waals surface area contributed by atoms with Crippen LogP contribution in [0.5, 0.6) is 0 Å². The standard InChI is InChI=1S/C22H19FN2O3/c1-11-6-19-21-15(8-25(19)22(27)16(11)9-28-10-26)14-5-3-4-13-12(2)17(23)7-18(24-21)20(13)14/h6-7,10H,3-5,8-9H2,1-2H3. The summed E-state index contributed by atoms with van der Waals surface area (Å²) in [4.78, 5) is 28.4. The Balaban J connectivity index is 1.80. The summed E-state index contributed by atoms with van der Waals surface area (Å²) in [6.45, 7) is 4.42. The molecule has 0 saturated heterocycles. The van der Waals surface area contributed by atoms with E-state index in [2.05, 4.69) is 0 Å². The summed E-state index contributed by atoms with van der Waals surface area (Å²) in [5, 5.41) is 1.06. The normalized spacial score (nSPS) is 14.1. The third kappa shape index (κ3) is 2.20. The van der Waals surface area contributed by atoms with E-state index in [-0.39, 0.29) is 18.0 Å². The molecule has 0 amide bonds. The molecule has 3 heterocycles. The van der Waals surface area contributed by atoms with Gasteiger partial charge < -0.3 is 9.30 Å². The molecule has 1 aliphatic heterocycles. The summed E-state index contributed by atoms with van der Waals surface area (Å²) in [5.74, 6) is -0.226. The van der Waals surface area contributed by atoms with Crippen LogP contribution in [0.2, 0.25) is 0 Å². The van der Waals surface area contributed by atoms with Gasteiger partial charge in [0.25, 0.3) is 12.0 Å². The summed E-state index contributed by atoms with van der Waals surface area (Å²) in [5.41, 5.74) is 7.25. The van der Waals surface area contributed by atoms with Crippen molar-refractivity contribution in [3.63, 3.8) is 0 Å². The van der Waals surface area contributed by atoms with Crippen molar-refractivity contribution in [3.05, 3.63) is 61.7 Å². The highest BCUT2D eigenvalue weighted by molar-refractivity contribution is 5.92. The van der Waals surface area contributed by atoms with E-state index in [0.29, 0.717) is 29.7 Å². The van der Waals surface area contributed by atoms with E-state index in [1.165, 1.54) is 11.6 Å². The minimum absolute atomic E-state index is 0.0401. The second-order valence-corrected chi connectivity index (χ2v) is 7.62. The Morgan fingerprint density at radius 1 is 1.21 bits per heavy atom. The molecular formula is C22H19FN2O3. The topological polar surface area (TPSA) is 61.2 Å². The Morgan fingerprint density at radius 3 is 2.79 bits per heavy atom. The number of carbonyl (C=O) groups excluding carboxylic acids is 1. The van der Waals surface area contributed by atoms with Crippen LogP contribution in [0, 0.1) is 19.7 Å². The number of hydrogen-bond acceptors (Lipinski definition) is 4.